The van der Waals surface area contributed by atoms with Crippen molar-refractivity contribution in [1.29, 1.82) is 0 Å². The van der Waals surface area contributed by atoms with Crippen LogP contribution in [0.15, 0.2) is 58.9 Å². The Labute approximate surface area is 190 Å². The van der Waals surface area contributed by atoms with Gasteiger partial charge >= 0.3 is 0 Å². The van der Waals surface area contributed by atoms with E-state index in [1.807, 2.05) is 22.7 Å². The van der Waals surface area contributed by atoms with Gasteiger partial charge in [0.2, 0.25) is 0 Å². The lowest BCUT2D eigenvalue weighted by atomic mass is 9.82. The zero-order valence-corrected chi connectivity index (χ0v) is 19.8. The molecule has 0 bridgehead atoms. The Kier molecular flexibility index (Phi) is 4.08. The molecule has 0 spiro atoms. The molecule has 3 aromatic carbocycles. The average molecular weight is 441 g/mol. The van der Waals surface area contributed by atoms with Gasteiger partial charge in [-0.15, -0.1) is 22.7 Å². The molecule has 6 rings (SSSR count). The zero-order valence-electron chi connectivity index (χ0n) is 18.2. The van der Waals surface area contributed by atoms with E-state index in [1.54, 1.807) is 0 Å². The van der Waals surface area contributed by atoms with Gasteiger partial charge in [0.05, 0.1) is 16.3 Å². The molecule has 5 aromatic rings. The minimum absolute atomic E-state index is 0.0615. The number of nitrogens with one attached hydrogen (secondary N) is 1. The van der Waals surface area contributed by atoms with Gasteiger partial charge in [-0.3, -0.25) is 4.99 Å². The summed E-state index contributed by atoms with van der Waals surface area (Å²) in [7, 11) is 0. The quantitative estimate of drug-likeness (QED) is 0.280. The number of aryl methyl sites for hydroxylation is 1. The Bertz CT molecular complexity index is 1530. The first-order chi connectivity index (χ1) is 14.9. The Hall–Kier alpha value is -2.69. The SMILES string of the molecule is Cc1csc2ccc3sc4c(c3c12)NCN=C4c1cc(C(C)(C)C)c2ccccc2c1. The van der Waals surface area contributed by atoms with Crippen LogP contribution in [0.1, 0.15) is 42.3 Å². The van der Waals surface area contributed by atoms with Crippen LogP contribution in [0.3, 0.4) is 0 Å². The maximum atomic E-state index is 4.97. The topological polar surface area (TPSA) is 24.4 Å². The first kappa shape index (κ1) is 19.0. The van der Waals surface area contributed by atoms with Crippen LogP contribution in [0.2, 0.25) is 0 Å². The van der Waals surface area contributed by atoms with Gasteiger partial charge in [-0.25, -0.2) is 0 Å². The fourth-order valence-electron chi connectivity index (χ4n) is 4.77. The van der Waals surface area contributed by atoms with Crippen LogP contribution in [-0.2, 0) is 5.41 Å². The molecule has 0 amide bonds. The smallest absolute Gasteiger partial charge is 0.108 e. The molecule has 1 aliphatic rings. The highest BCUT2D eigenvalue weighted by Crippen LogP contribution is 2.45. The molecule has 0 fully saturated rings. The van der Waals surface area contributed by atoms with Crippen LogP contribution in [0.5, 0.6) is 0 Å². The molecule has 2 aromatic heterocycles. The van der Waals surface area contributed by atoms with E-state index < -0.39 is 0 Å². The molecule has 154 valence electrons. The molecule has 0 unspecified atom stereocenters. The largest absolute Gasteiger partial charge is 0.364 e. The second kappa shape index (κ2) is 6.65. The van der Waals surface area contributed by atoms with Crippen molar-refractivity contribution in [2.24, 2.45) is 4.99 Å². The number of nitrogens with zero attached hydrogens (tertiary/aromatic N) is 1. The third-order valence-electron chi connectivity index (χ3n) is 6.23. The van der Waals surface area contributed by atoms with Crippen LogP contribution < -0.4 is 5.32 Å². The van der Waals surface area contributed by atoms with Crippen molar-refractivity contribution < 1.29 is 0 Å². The normalized spacial score (nSPS) is 14.1. The fraction of sp³-hybridized carbons (Fsp3) is 0.222. The number of anilines is 1. The molecule has 0 aliphatic carbocycles. The van der Waals surface area contributed by atoms with E-state index in [4.69, 9.17) is 4.99 Å². The van der Waals surface area contributed by atoms with E-state index >= 15 is 0 Å². The maximum Gasteiger partial charge on any atom is 0.108 e. The van der Waals surface area contributed by atoms with Crippen molar-refractivity contribution in [2.45, 2.75) is 33.1 Å². The highest BCUT2D eigenvalue weighted by molar-refractivity contribution is 7.22. The lowest BCUT2D eigenvalue weighted by Crippen LogP contribution is -2.17. The van der Waals surface area contributed by atoms with E-state index in [0.717, 1.165) is 5.71 Å². The number of rotatable bonds is 1. The average Bonchev–Trinajstić information content (AvgIpc) is 3.32. The maximum absolute atomic E-state index is 4.97. The van der Waals surface area contributed by atoms with Crippen molar-refractivity contribution in [3.63, 3.8) is 0 Å². The molecule has 0 atom stereocenters. The van der Waals surface area contributed by atoms with Gasteiger partial charge in [-0.05, 0) is 63.9 Å². The molecule has 0 saturated heterocycles. The fourth-order valence-corrected chi connectivity index (χ4v) is 6.93. The first-order valence-corrected chi connectivity index (χ1v) is 12.4. The lowest BCUT2D eigenvalue weighted by Gasteiger charge is -2.24. The number of benzene rings is 3. The van der Waals surface area contributed by atoms with Crippen LogP contribution >= 0.6 is 22.7 Å². The van der Waals surface area contributed by atoms with Crippen LogP contribution in [0, 0.1) is 6.92 Å². The number of fused-ring (bicyclic) bond motifs is 6. The van der Waals surface area contributed by atoms with Crippen LogP contribution in [0.4, 0.5) is 5.69 Å². The molecule has 3 heterocycles. The monoisotopic (exact) mass is 440 g/mol. The van der Waals surface area contributed by atoms with E-state index in [9.17, 15) is 0 Å². The summed E-state index contributed by atoms with van der Waals surface area (Å²) < 4.78 is 2.69. The summed E-state index contributed by atoms with van der Waals surface area (Å²) in [5.74, 6) is 0. The summed E-state index contributed by atoms with van der Waals surface area (Å²) in [6.07, 6.45) is 0. The molecule has 1 aliphatic heterocycles. The summed E-state index contributed by atoms with van der Waals surface area (Å²) in [4.78, 5) is 6.23. The first-order valence-electron chi connectivity index (χ1n) is 10.7. The molecule has 0 saturated carbocycles. The van der Waals surface area contributed by atoms with Gasteiger partial charge in [0.15, 0.2) is 0 Å². The number of hydrogen-bond donors (Lipinski definition) is 1. The van der Waals surface area contributed by atoms with E-state index in [0.29, 0.717) is 6.67 Å². The summed E-state index contributed by atoms with van der Waals surface area (Å²) >= 11 is 3.69. The van der Waals surface area contributed by atoms with Gasteiger partial charge < -0.3 is 5.32 Å². The summed E-state index contributed by atoms with van der Waals surface area (Å²) in [6.45, 7) is 9.72. The van der Waals surface area contributed by atoms with Gasteiger partial charge in [-0.2, -0.15) is 0 Å². The van der Waals surface area contributed by atoms with Gasteiger partial charge in [0.25, 0.3) is 0 Å². The van der Waals surface area contributed by atoms with Gasteiger partial charge in [0.1, 0.15) is 6.67 Å². The van der Waals surface area contributed by atoms with Crippen molar-refractivity contribution in [3.8, 4) is 0 Å². The molecule has 2 nitrogen and oxygen atoms in total. The summed E-state index contributed by atoms with van der Waals surface area (Å²) in [6, 6.07) is 17.9. The zero-order chi connectivity index (χ0) is 21.3. The van der Waals surface area contributed by atoms with E-state index in [2.05, 4.69) is 86.9 Å². The molecule has 0 radical (unpaired) electrons. The number of hydrogen-bond acceptors (Lipinski definition) is 4. The molecule has 1 N–H and O–H groups in total. The van der Waals surface area contributed by atoms with Gasteiger partial charge in [0, 0.05) is 25.7 Å². The predicted octanol–water partition coefficient (Wildman–Crippen LogP) is 8.10. The summed E-state index contributed by atoms with van der Waals surface area (Å²) in [5, 5.41) is 11.2. The predicted molar refractivity (Wildman–Crippen MR) is 139 cm³/mol. The van der Waals surface area contributed by atoms with Crippen molar-refractivity contribution in [3.05, 3.63) is 75.5 Å². The molecular formula is C27H24N2S2. The van der Waals surface area contributed by atoms with Crippen molar-refractivity contribution in [2.75, 3.05) is 12.0 Å². The molecular weight excluding hydrogens is 416 g/mol. The minimum atomic E-state index is 0.0615. The second-order valence-electron chi connectivity index (χ2n) is 9.37. The Morgan fingerprint density at radius 3 is 2.61 bits per heavy atom. The number of aliphatic imine (C=N–C) groups is 1. The molecule has 31 heavy (non-hydrogen) atoms. The third-order valence-corrected chi connectivity index (χ3v) is 8.45. The second-order valence-corrected chi connectivity index (χ2v) is 11.3. The van der Waals surface area contributed by atoms with Gasteiger partial charge in [-0.1, -0.05) is 45.0 Å². The minimum Gasteiger partial charge on any atom is -0.364 e. The standard InChI is InChI=1S/C27H24N2S2/c1-15-13-30-20-9-10-21-23(22(15)20)25-26(31-21)24(28-14-29-25)17-11-16-7-5-6-8-18(16)19(12-17)27(2,3)4/h5-13,29H,14H2,1-4H3. The van der Waals surface area contributed by atoms with Crippen LogP contribution in [0.25, 0.3) is 30.9 Å². The highest BCUT2D eigenvalue weighted by atomic mass is 32.1. The highest BCUT2D eigenvalue weighted by Gasteiger charge is 2.25. The van der Waals surface area contributed by atoms with Crippen LogP contribution in [-0.4, -0.2) is 12.4 Å². The Balaban J connectivity index is 1.63. The third kappa shape index (κ3) is 2.85. The van der Waals surface area contributed by atoms with Crippen molar-refractivity contribution in [1.82, 2.24) is 0 Å². The van der Waals surface area contributed by atoms with E-state index in [1.165, 1.54) is 58.2 Å². The summed E-state index contributed by atoms with van der Waals surface area (Å²) in [5.41, 5.74) is 6.39. The Morgan fingerprint density at radius 2 is 1.77 bits per heavy atom. The van der Waals surface area contributed by atoms with Crippen molar-refractivity contribution >= 4 is 65.0 Å². The molecule has 4 heteroatoms. The van der Waals surface area contributed by atoms with E-state index in [-0.39, 0.29) is 5.41 Å². The lowest BCUT2D eigenvalue weighted by molar-refractivity contribution is 0.596. The number of thiophene rings is 2. The Morgan fingerprint density at radius 1 is 0.968 bits per heavy atom.